The van der Waals surface area contributed by atoms with Gasteiger partial charge in [-0.1, -0.05) is 0 Å². The lowest BCUT2D eigenvalue weighted by molar-refractivity contribution is 0.0602. The van der Waals surface area contributed by atoms with E-state index in [1.165, 1.54) is 0 Å². The van der Waals surface area contributed by atoms with Gasteiger partial charge in [0.25, 0.3) is 0 Å². The number of nitrogens with two attached hydrogens (primary N) is 1. The second kappa shape index (κ2) is 5.74. The number of rotatable bonds is 3. The Morgan fingerprint density at radius 2 is 1.76 bits per heavy atom. The first kappa shape index (κ1) is 14.7. The third kappa shape index (κ3) is 3.07. The van der Waals surface area contributed by atoms with Crippen LogP contribution < -0.4 is 11.1 Å². The van der Waals surface area contributed by atoms with Gasteiger partial charge in [-0.25, -0.2) is 18.0 Å². The number of ether oxygens (including phenoxy) is 1. The summed E-state index contributed by atoms with van der Waals surface area (Å²) in [6.07, 6.45) is 0. The van der Waals surface area contributed by atoms with E-state index in [4.69, 9.17) is 5.73 Å². The molecule has 2 aromatic rings. The lowest BCUT2D eigenvalue weighted by Crippen LogP contribution is -2.08. The molecule has 0 spiro atoms. The minimum Gasteiger partial charge on any atom is -0.465 e. The Kier molecular flexibility index (Phi) is 4.02. The predicted molar refractivity (Wildman–Crippen MR) is 71.8 cm³/mol. The summed E-state index contributed by atoms with van der Waals surface area (Å²) in [4.78, 5) is 11.5. The third-order valence-electron chi connectivity index (χ3n) is 2.74. The Hall–Kier alpha value is -2.70. The van der Waals surface area contributed by atoms with Gasteiger partial charge in [-0.3, -0.25) is 0 Å². The second-order valence-corrected chi connectivity index (χ2v) is 4.16. The van der Waals surface area contributed by atoms with E-state index in [0.717, 1.165) is 31.4 Å². The number of carbonyl (C=O) groups excluding carboxylic acids is 1. The van der Waals surface area contributed by atoms with Crippen molar-refractivity contribution in [2.45, 2.75) is 0 Å². The van der Waals surface area contributed by atoms with Crippen LogP contribution in [-0.4, -0.2) is 13.1 Å². The molecular formula is C14H11F3N2O2. The molecule has 0 aliphatic heterocycles. The lowest BCUT2D eigenvalue weighted by Gasteiger charge is -2.11. The maximum Gasteiger partial charge on any atom is 0.340 e. The topological polar surface area (TPSA) is 64.3 Å². The SMILES string of the molecule is COC(=O)c1cc(Nc2ccc(F)cc2F)c(F)cc1N. The fourth-order valence-electron chi connectivity index (χ4n) is 1.71. The first-order valence-electron chi connectivity index (χ1n) is 5.81. The molecule has 0 saturated heterocycles. The van der Waals surface area contributed by atoms with Crippen LogP contribution in [0.1, 0.15) is 10.4 Å². The number of benzene rings is 2. The maximum atomic E-state index is 13.8. The van der Waals surface area contributed by atoms with Crippen LogP contribution in [0.3, 0.4) is 0 Å². The van der Waals surface area contributed by atoms with Crippen molar-refractivity contribution < 1.29 is 22.7 Å². The molecule has 0 aliphatic rings. The minimum absolute atomic E-state index is 0.0658. The van der Waals surface area contributed by atoms with Gasteiger partial charge in [0, 0.05) is 11.8 Å². The van der Waals surface area contributed by atoms with Gasteiger partial charge in [0.05, 0.1) is 24.0 Å². The summed E-state index contributed by atoms with van der Waals surface area (Å²) in [7, 11) is 1.15. The Morgan fingerprint density at radius 1 is 1.10 bits per heavy atom. The van der Waals surface area contributed by atoms with E-state index in [-0.39, 0.29) is 22.6 Å². The molecule has 2 aromatic carbocycles. The van der Waals surface area contributed by atoms with Gasteiger partial charge in [0.2, 0.25) is 0 Å². The van der Waals surface area contributed by atoms with Crippen LogP contribution in [0.25, 0.3) is 0 Å². The van der Waals surface area contributed by atoms with Crippen molar-refractivity contribution in [1.29, 1.82) is 0 Å². The second-order valence-electron chi connectivity index (χ2n) is 4.16. The molecule has 0 radical (unpaired) electrons. The van der Waals surface area contributed by atoms with Crippen molar-refractivity contribution in [2.24, 2.45) is 0 Å². The normalized spacial score (nSPS) is 10.3. The highest BCUT2D eigenvalue weighted by atomic mass is 19.1. The summed E-state index contributed by atoms with van der Waals surface area (Å²) in [6, 6.07) is 4.79. The molecule has 0 unspecified atom stereocenters. The number of nitrogen functional groups attached to an aromatic ring is 1. The van der Waals surface area contributed by atoms with E-state index in [1.807, 2.05) is 0 Å². The number of halogens is 3. The van der Waals surface area contributed by atoms with Gasteiger partial charge in [-0.05, 0) is 24.3 Å². The van der Waals surface area contributed by atoms with Gasteiger partial charge in [-0.2, -0.15) is 0 Å². The Morgan fingerprint density at radius 3 is 2.38 bits per heavy atom. The van der Waals surface area contributed by atoms with Crippen molar-refractivity contribution in [3.05, 3.63) is 53.3 Å². The molecule has 0 heterocycles. The first-order valence-corrected chi connectivity index (χ1v) is 5.81. The highest BCUT2D eigenvalue weighted by Gasteiger charge is 2.15. The number of esters is 1. The number of nitrogens with one attached hydrogen (secondary N) is 1. The van der Waals surface area contributed by atoms with E-state index < -0.39 is 23.4 Å². The number of methoxy groups -OCH3 is 1. The van der Waals surface area contributed by atoms with Gasteiger partial charge >= 0.3 is 5.97 Å². The molecule has 0 amide bonds. The zero-order valence-corrected chi connectivity index (χ0v) is 10.9. The van der Waals surface area contributed by atoms with Crippen LogP contribution >= 0.6 is 0 Å². The largest absolute Gasteiger partial charge is 0.465 e. The quantitative estimate of drug-likeness (QED) is 0.674. The van der Waals surface area contributed by atoms with Crippen molar-refractivity contribution in [3.8, 4) is 0 Å². The predicted octanol–water partition coefficient (Wildman–Crippen LogP) is 3.22. The molecule has 0 saturated carbocycles. The fraction of sp³-hybridized carbons (Fsp3) is 0.0714. The molecule has 0 atom stereocenters. The highest BCUT2D eigenvalue weighted by molar-refractivity contribution is 5.96. The number of anilines is 3. The molecule has 0 aliphatic carbocycles. The molecule has 4 nitrogen and oxygen atoms in total. The lowest BCUT2D eigenvalue weighted by atomic mass is 10.1. The molecule has 3 N–H and O–H groups in total. The molecule has 110 valence electrons. The van der Waals surface area contributed by atoms with Crippen LogP contribution in [-0.2, 0) is 4.74 Å². The summed E-state index contributed by atoms with van der Waals surface area (Å²) in [5, 5.41) is 2.43. The van der Waals surface area contributed by atoms with Crippen LogP contribution in [0, 0.1) is 17.5 Å². The Balaban J connectivity index is 2.42. The Bertz CT molecular complexity index is 705. The van der Waals surface area contributed by atoms with Gasteiger partial charge in [0.15, 0.2) is 0 Å². The molecule has 0 aromatic heterocycles. The minimum atomic E-state index is -0.897. The summed E-state index contributed by atoms with van der Waals surface area (Å²) < 4.78 is 44.7. The van der Waals surface area contributed by atoms with E-state index in [1.54, 1.807) is 0 Å². The molecule has 0 fully saturated rings. The Labute approximate surface area is 118 Å². The maximum absolute atomic E-state index is 13.8. The van der Waals surface area contributed by atoms with Crippen LogP contribution in [0.15, 0.2) is 30.3 Å². The van der Waals surface area contributed by atoms with Crippen molar-refractivity contribution >= 4 is 23.0 Å². The monoisotopic (exact) mass is 296 g/mol. The molecule has 7 heteroatoms. The van der Waals surface area contributed by atoms with E-state index in [0.29, 0.717) is 6.07 Å². The third-order valence-corrected chi connectivity index (χ3v) is 2.74. The number of hydrogen-bond acceptors (Lipinski definition) is 4. The van der Waals surface area contributed by atoms with Crippen LogP contribution in [0.5, 0.6) is 0 Å². The summed E-state index contributed by atoms with van der Waals surface area (Å²) in [6.45, 7) is 0. The van der Waals surface area contributed by atoms with Crippen molar-refractivity contribution in [1.82, 2.24) is 0 Å². The smallest absolute Gasteiger partial charge is 0.340 e. The van der Waals surface area contributed by atoms with Crippen molar-refractivity contribution in [2.75, 3.05) is 18.2 Å². The zero-order valence-electron chi connectivity index (χ0n) is 10.9. The molecular weight excluding hydrogens is 285 g/mol. The van der Waals surface area contributed by atoms with Gasteiger partial charge < -0.3 is 15.8 Å². The average molecular weight is 296 g/mol. The van der Waals surface area contributed by atoms with E-state index in [2.05, 4.69) is 10.1 Å². The summed E-state index contributed by atoms with van der Waals surface area (Å²) >= 11 is 0. The number of carbonyl (C=O) groups is 1. The molecule has 0 bridgehead atoms. The van der Waals surface area contributed by atoms with Crippen molar-refractivity contribution in [3.63, 3.8) is 0 Å². The summed E-state index contributed by atoms with van der Waals surface area (Å²) in [5.41, 5.74) is 5.02. The van der Waals surface area contributed by atoms with E-state index in [9.17, 15) is 18.0 Å². The first-order chi connectivity index (χ1) is 9.92. The fourth-order valence-corrected chi connectivity index (χ4v) is 1.71. The van der Waals surface area contributed by atoms with Crippen LogP contribution in [0.2, 0.25) is 0 Å². The van der Waals surface area contributed by atoms with Gasteiger partial charge in [0.1, 0.15) is 17.5 Å². The van der Waals surface area contributed by atoms with E-state index >= 15 is 0 Å². The highest BCUT2D eigenvalue weighted by Crippen LogP contribution is 2.27. The zero-order chi connectivity index (χ0) is 15.6. The molecule has 2 rings (SSSR count). The summed E-state index contributed by atoms with van der Waals surface area (Å²) in [5.74, 6) is -3.20. The van der Waals surface area contributed by atoms with Crippen LogP contribution in [0.4, 0.5) is 30.2 Å². The van der Waals surface area contributed by atoms with Gasteiger partial charge in [-0.15, -0.1) is 0 Å². The average Bonchev–Trinajstić information content (AvgIpc) is 2.43. The standard InChI is InChI=1S/C14H11F3N2O2/c1-21-14(20)8-5-13(10(17)6-11(8)18)19-12-3-2-7(15)4-9(12)16/h2-6,19H,18H2,1H3. The number of hydrogen-bond donors (Lipinski definition) is 2. The molecule has 21 heavy (non-hydrogen) atoms.